The largest absolute Gasteiger partial charge is 0.314 e. The molecule has 2 atom stereocenters. The Balaban J connectivity index is 1.75. The molecule has 2 heteroatoms. The number of piperidine rings is 1. The number of nitrogens with one attached hydrogen (secondary N) is 1. The minimum absolute atomic E-state index is 0.805. The molecule has 2 aliphatic rings. The van der Waals surface area contributed by atoms with Crippen LogP contribution in [-0.2, 0) is 0 Å². The molecule has 0 radical (unpaired) electrons. The van der Waals surface area contributed by atoms with E-state index in [1.165, 1.54) is 45.2 Å². The van der Waals surface area contributed by atoms with E-state index in [9.17, 15) is 0 Å². The Morgan fingerprint density at radius 1 is 1.13 bits per heavy atom. The third-order valence-electron chi connectivity index (χ3n) is 4.23. The summed E-state index contributed by atoms with van der Waals surface area (Å²) in [6.07, 6.45) is 7.05. The molecule has 88 valence electrons. The van der Waals surface area contributed by atoms with E-state index in [2.05, 4.69) is 24.1 Å². The van der Waals surface area contributed by atoms with Crippen molar-refractivity contribution in [1.29, 1.82) is 0 Å². The van der Waals surface area contributed by atoms with Gasteiger partial charge < -0.3 is 10.2 Å². The maximum absolute atomic E-state index is 3.60. The molecular formula is C13H26N2. The number of nitrogens with zero attached hydrogens (tertiary/aromatic N) is 1. The average molecular weight is 210 g/mol. The summed E-state index contributed by atoms with van der Waals surface area (Å²) in [6.45, 7) is 8.45. The second-order valence-electron chi connectivity index (χ2n) is 5.44. The summed E-state index contributed by atoms with van der Waals surface area (Å²) in [5, 5.41) is 3.60. The number of likely N-dealkylation sites (tertiary alicyclic amines) is 1. The topological polar surface area (TPSA) is 15.3 Å². The Morgan fingerprint density at radius 3 is 2.53 bits per heavy atom. The molecule has 1 aliphatic heterocycles. The summed E-state index contributed by atoms with van der Waals surface area (Å²) in [5.41, 5.74) is 0. The number of hydrogen-bond donors (Lipinski definition) is 1. The predicted octanol–water partition coefficient (Wildman–Crippen LogP) is 2.25. The first-order chi connectivity index (χ1) is 7.29. The van der Waals surface area contributed by atoms with E-state index in [0.717, 1.165) is 24.5 Å². The summed E-state index contributed by atoms with van der Waals surface area (Å²) in [4.78, 5) is 2.75. The highest BCUT2D eigenvalue weighted by atomic mass is 15.2. The summed E-state index contributed by atoms with van der Waals surface area (Å²) in [6, 6.07) is 1.70. The quantitative estimate of drug-likeness (QED) is 0.768. The Bertz CT molecular complexity index is 185. The molecule has 0 aromatic rings. The zero-order chi connectivity index (χ0) is 10.7. The van der Waals surface area contributed by atoms with Crippen molar-refractivity contribution in [2.75, 3.05) is 19.6 Å². The van der Waals surface area contributed by atoms with Gasteiger partial charge in [-0.15, -0.1) is 0 Å². The van der Waals surface area contributed by atoms with Gasteiger partial charge in [0.05, 0.1) is 0 Å². The molecule has 2 rings (SSSR count). The van der Waals surface area contributed by atoms with Crippen LogP contribution < -0.4 is 5.32 Å². The van der Waals surface area contributed by atoms with Crippen molar-refractivity contribution in [3.05, 3.63) is 0 Å². The van der Waals surface area contributed by atoms with Crippen molar-refractivity contribution >= 4 is 0 Å². The van der Waals surface area contributed by atoms with Crippen LogP contribution in [0.1, 0.15) is 46.0 Å². The van der Waals surface area contributed by atoms with Crippen molar-refractivity contribution in [3.63, 3.8) is 0 Å². The normalized spacial score (nSPS) is 34.8. The van der Waals surface area contributed by atoms with Gasteiger partial charge >= 0.3 is 0 Å². The molecule has 0 aromatic heterocycles. The average Bonchev–Trinajstić information content (AvgIpc) is 2.68. The molecular weight excluding hydrogens is 184 g/mol. The highest BCUT2D eigenvalue weighted by Crippen LogP contribution is 2.27. The zero-order valence-electron chi connectivity index (χ0n) is 10.3. The van der Waals surface area contributed by atoms with Gasteiger partial charge in [0.25, 0.3) is 0 Å². The Hall–Kier alpha value is -0.0800. The molecule has 1 saturated carbocycles. The standard InChI is InChI=1S/C13H26N2/c1-3-14-12-4-5-13(10-12)15-8-6-11(2)7-9-15/h11-14H,3-10H2,1-2H3. The zero-order valence-corrected chi connectivity index (χ0v) is 10.3. The molecule has 0 amide bonds. The van der Waals surface area contributed by atoms with E-state index in [0.29, 0.717) is 0 Å². The van der Waals surface area contributed by atoms with Crippen molar-refractivity contribution in [2.45, 2.75) is 58.0 Å². The summed E-state index contributed by atoms with van der Waals surface area (Å²) in [7, 11) is 0. The van der Waals surface area contributed by atoms with E-state index in [1.807, 2.05) is 0 Å². The lowest BCUT2D eigenvalue weighted by atomic mass is 9.97. The van der Waals surface area contributed by atoms with Crippen LogP contribution in [0.5, 0.6) is 0 Å². The van der Waals surface area contributed by atoms with Crippen LogP contribution in [0.4, 0.5) is 0 Å². The van der Waals surface area contributed by atoms with Gasteiger partial charge in [-0.05, 0) is 57.7 Å². The molecule has 1 saturated heterocycles. The molecule has 1 aliphatic carbocycles. The first kappa shape index (κ1) is 11.4. The minimum atomic E-state index is 0.805. The maximum Gasteiger partial charge on any atom is 0.0111 e. The molecule has 2 unspecified atom stereocenters. The lowest BCUT2D eigenvalue weighted by molar-refractivity contribution is 0.138. The van der Waals surface area contributed by atoms with Gasteiger partial charge in [-0.3, -0.25) is 0 Å². The van der Waals surface area contributed by atoms with Crippen LogP contribution in [0.25, 0.3) is 0 Å². The summed E-state index contributed by atoms with van der Waals surface area (Å²) >= 11 is 0. The fourth-order valence-corrected chi connectivity index (χ4v) is 3.16. The lowest BCUT2D eigenvalue weighted by Gasteiger charge is -2.35. The molecule has 2 fully saturated rings. The number of hydrogen-bond acceptors (Lipinski definition) is 2. The Labute approximate surface area is 94.4 Å². The van der Waals surface area contributed by atoms with E-state index < -0.39 is 0 Å². The fraction of sp³-hybridized carbons (Fsp3) is 1.00. The minimum Gasteiger partial charge on any atom is -0.314 e. The molecule has 1 N–H and O–H groups in total. The van der Waals surface area contributed by atoms with E-state index in [-0.39, 0.29) is 0 Å². The summed E-state index contributed by atoms with van der Waals surface area (Å²) < 4.78 is 0. The van der Waals surface area contributed by atoms with E-state index in [1.54, 1.807) is 0 Å². The smallest absolute Gasteiger partial charge is 0.0111 e. The van der Waals surface area contributed by atoms with Gasteiger partial charge in [-0.2, -0.15) is 0 Å². The van der Waals surface area contributed by atoms with Crippen LogP contribution >= 0.6 is 0 Å². The van der Waals surface area contributed by atoms with Crippen LogP contribution in [0.15, 0.2) is 0 Å². The summed E-state index contributed by atoms with van der Waals surface area (Å²) in [5.74, 6) is 0.965. The van der Waals surface area contributed by atoms with Crippen molar-refractivity contribution in [2.24, 2.45) is 5.92 Å². The monoisotopic (exact) mass is 210 g/mol. The maximum atomic E-state index is 3.60. The van der Waals surface area contributed by atoms with Gasteiger partial charge in [0.15, 0.2) is 0 Å². The van der Waals surface area contributed by atoms with Gasteiger partial charge in [0.1, 0.15) is 0 Å². The SMILES string of the molecule is CCNC1CCC(N2CCC(C)CC2)C1. The second-order valence-corrected chi connectivity index (χ2v) is 5.44. The van der Waals surface area contributed by atoms with Crippen molar-refractivity contribution in [3.8, 4) is 0 Å². The van der Waals surface area contributed by atoms with Gasteiger partial charge in [0, 0.05) is 12.1 Å². The second kappa shape index (κ2) is 5.31. The third kappa shape index (κ3) is 2.94. The van der Waals surface area contributed by atoms with Gasteiger partial charge in [-0.1, -0.05) is 13.8 Å². The van der Waals surface area contributed by atoms with E-state index >= 15 is 0 Å². The first-order valence-electron chi connectivity index (χ1n) is 6.77. The van der Waals surface area contributed by atoms with Gasteiger partial charge in [0.2, 0.25) is 0 Å². The lowest BCUT2D eigenvalue weighted by Crippen LogP contribution is -2.40. The van der Waals surface area contributed by atoms with Crippen LogP contribution in [0.2, 0.25) is 0 Å². The molecule has 0 aromatic carbocycles. The van der Waals surface area contributed by atoms with Crippen LogP contribution in [0.3, 0.4) is 0 Å². The van der Waals surface area contributed by atoms with Crippen LogP contribution in [0, 0.1) is 5.92 Å². The Kier molecular flexibility index (Phi) is 4.04. The first-order valence-corrected chi connectivity index (χ1v) is 6.77. The van der Waals surface area contributed by atoms with Crippen LogP contribution in [-0.4, -0.2) is 36.6 Å². The molecule has 2 nitrogen and oxygen atoms in total. The van der Waals surface area contributed by atoms with E-state index in [4.69, 9.17) is 0 Å². The number of rotatable bonds is 3. The van der Waals surface area contributed by atoms with Crippen molar-refractivity contribution < 1.29 is 0 Å². The highest BCUT2D eigenvalue weighted by Gasteiger charge is 2.30. The fourth-order valence-electron chi connectivity index (χ4n) is 3.16. The molecule has 0 bridgehead atoms. The Morgan fingerprint density at radius 2 is 1.87 bits per heavy atom. The third-order valence-corrected chi connectivity index (χ3v) is 4.23. The predicted molar refractivity (Wildman–Crippen MR) is 65.1 cm³/mol. The van der Waals surface area contributed by atoms with Gasteiger partial charge in [-0.25, -0.2) is 0 Å². The molecule has 15 heavy (non-hydrogen) atoms. The molecule has 1 heterocycles. The molecule has 0 spiro atoms. The highest BCUT2D eigenvalue weighted by molar-refractivity contribution is 4.88. The van der Waals surface area contributed by atoms with Crippen molar-refractivity contribution in [1.82, 2.24) is 10.2 Å².